The predicted octanol–water partition coefficient (Wildman–Crippen LogP) is 2.36. The van der Waals surface area contributed by atoms with E-state index in [2.05, 4.69) is 10.2 Å². The molecule has 1 amide bonds. The van der Waals surface area contributed by atoms with Crippen molar-refractivity contribution in [3.05, 3.63) is 35.6 Å². The molecule has 1 aromatic rings. The van der Waals surface area contributed by atoms with Crippen molar-refractivity contribution >= 4 is 5.91 Å². The second-order valence-electron chi connectivity index (χ2n) is 6.19. The van der Waals surface area contributed by atoms with E-state index in [-0.39, 0.29) is 11.7 Å². The average molecular weight is 290 g/mol. The molecule has 2 fully saturated rings. The molecule has 0 spiro atoms. The van der Waals surface area contributed by atoms with E-state index in [9.17, 15) is 9.18 Å². The van der Waals surface area contributed by atoms with Gasteiger partial charge in [-0.15, -0.1) is 0 Å². The first-order chi connectivity index (χ1) is 10.2. The molecule has 0 bridgehead atoms. The van der Waals surface area contributed by atoms with Gasteiger partial charge >= 0.3 is 0 Å². The third-order valence-electron chi connectivity index (χ3n) is 4.79. The Morgan fingerprint density at radius 2 is 2.10 bits per heavy atom. The van der Waals surface area contributed by atoms with Crippen LogP contribution in [0.4, 0.5) is 4.39 Å². The number of nitrogens with one attached hydrogen (secondary N) is 1. The van der Waals surface area contributed by atoms with Crippen LogP contribution in [0.25, 0.3) is 0 Å². The van der Waals surface area contributed by atoms with Crippen LogP contribution in [-0.2, 0) is 11.2 Å². The van der Waals surface area contributed by atoms with E-state index in [0.717, 1.165) is 50.9 Å². The van der Waals surface area contributed by atoms with Gasteiger partial charge in [0.2, 0.25) is 5.91 Å². The van der Waals surface area contributed by atoms with E-state index in [4.69, 9.17) is 0 Å². The molecule has 3 nitrogen and oxygen atoms in total. The second-order valence-corrected chi connectivity index (χ2v) is 6.19. The molecule has 1 aromatic carbocycles. The first-order valence-corrected chi connectivity index (χ1v) is 7.98. The molecule has 3 rings (SSSR count). The van der Waals surface area contributed by atoms with Gasteiger partial charge in [0.05, 0.1) is 6.42 Å². The Bertz CT molecular complexity index is 499. The maximum Gasteiger partial charge on any atom is 0.227 e. The maximum absolute atomic E-state index is 13.2. The minimum Gasteiger partial charge on any atom is -0.339 e. The van der Waals surface area contributed by atoms with Crippen molar-refractivity contribution in [2.45, 2.75) is 38.1 Å². The lowest BCUT2D eigenvalue weighted by atomic mass is 9.88. The van der Waals surface area contributed by atoms with E-state index in [0.29, 0.717) is 18.4 Å². The molecule has 0 saturated carbocycles. The Morgan fingerprint density at radius 1 is 1.29 bits per heavy atom. The van der Waals surface area contributed by atoms with Gasteiger partial charge < -0.3 is 10.2 Å². The number of amides is 1. The Hall–Kier alpha value is -1.42. The lowest BCUT2D eigenvalue weighted by Gasteiger charge is -2.34. The van der Waals surface area contributed by atoms with E-state index >= 15 is 0 Å². The van der Waals surface area contributed by atoms with E-state index in [1.165, 1.54) is 12.1 Å². The van der Waals surface area contributed by atoms with Crippen LogP contribution in [0.1, 0.15) is 31.2 Å². The van der Waals surface area contributed by atoms with Crippen molar-refractivity contribution in [2.24, 2.45) is 5.92 Å². The van der Waals surface area contributed by atoms with Gasteiger partial charge in [-0.1, -0.05) is 12.1 Å². The number of nitrogens with zero attached hydrogens (tertiary/aromatic N) is 1. The fraction of sp³-hybridized carbons (Fsp3) is 0.588. The minimum atomic E-state index is -0.267. The molecule has 0 radical (unpaired) electrons. The van der Waals surface area contributed by atoms with Gasteiger partial charge in [0.15, 0.2) is 0 Å². The zero-order valence-electron chi connectivity index (χ0n) is 12.4. The summed E-state index contributed by atoms with van der Waals surface area (Å²) in [5.74, 6) is 0.517. The van der Waals surface area contributed by atoms with Crippen LogP contribution in [0.5, 0.6) is 0 Å². The van der Waals surface area contributed by atoms with Crippen LogP contribution in [0.3, 0.4) is 0 Å². The number of hydrogen-bond acceptors (Lipinski definition) is 2. The molecule has 1 N–H and O–H groups in total. The molecule has 114 valence electrons. The van der Waals surface area contributed by atoms with Crippen molar-refractivity contribution in [2.75, 3.05) is 19.6 Å². The molecule has 1 atom stereocenters. The fourth-order valence-electron chi connectivity index (χ4n) is 3.74. The number of rotatable bonds is 3. The van der Waals surface area contributed by atoms with Crippen LogP contribution in [0.15, 0.2) is 24.3 Å². The molecule has 2 aliphatic rings. The second kappa shape index (κ2) is 6.56. The smallest absolute Gasteiger partial charge is 0.227 e. The Balaban J connectivity index is 1.65. The Morgan fingerprint density at radius 3 is 2.86 bits per heavy atom. The first-order valence-electron chi connectivity index (χ1n) is 7.98. The standard InChI is InChI=1S/C17H23FN2O/c18-15-4-1-3-13(11-15)12-17(21)20-10-2-5-16(20)14-6-8-19-9-7-14/h1,3-4,11,14,16,19H,2,5-10,12H2/t16-/m1/s1. The predicted molar refractivity (Wildman–Crippen MR) is 80.4 cm³/mol. The number of carbonyl (C=O) groups excluding carboxylic acids is 1. The molecule has 2 aliphatic heterocycles. The van der Waals surface area contributed by atoms with Crippen LogP contribution in [0.2, 0.25) is 0 Å². The molecular formula is C17H23FN2O. The van der Waals surface area contributed by atoms with Gasteiger partial charge in [0.1, 0.15) is 5.82 Å². The highest BCUT2D eigenvalue weighted by atomic mass is 19.1. The minimum absolute atomic E-state index is 0.154. The largest absolute Gasteiger partial charge is 0.339 e. The lowest BCUT2D eigenvalue weighted by Crippen LogP contribution is -2.44. The quantitative estimate of drug-likeness (QED) is 0.927. The summed E-state index contributed by atoms with van der Waals surface area (Å²) in [7, 11) is 0. The number of hydrogen-bond donors (Lipinski definition) is 1. The third kappa shape index (κ3) is 3.43. The van der Waals surface area contributed by atoms with Crippen molar-refractivity contribution in [3.8, 4) is 0 Å². The fourth-order valence-corrected chi connectivity index (χ4v) is 3.74. The topological polar surface area (TPSA) is 32.3 Å². The SMILES string of the molecule is O=C(Cc1cccc(F)c1)N1CCC[C@@H]1C1CCNCC1. The summed E-state index contributed by atoms with van der Waals surface area (Å²) >= 11 is 0. The molecular weight excluding hydrogens is 267 g/mol. The first kappa shape index (κ1) is 14.5. The summed E-state index contributed by atoms with van der Waals surface area (Å²) in [6, 6.07) is 6.78. The summed E-state index contributed by atoms with van der Waals surface area (Å²) in [5, 5.41) is 3.38. The summed E-state index contributed by atoms with van der Waals surface area (Å²) < 4.78 is 13.2. The van der Waals surface area contributed by atoms with Crippen LogP contribution in [0, 0.1) is 11.7 Å². The molecule has 21 heavy (non-hydrogen) atoms. The van der Waals surface area contributed by atoms with Crippen molar-refractivity contribution < 1.29 is 9.18 Å². The lowest BCUT2D eigenvalue weighted by molar-refractivity contribution is -0.132. The number of carbonyl (C=O) groups is 1. The van der Waals surface area contributed by atoms with Crippen molar-refractivity contribution in [1.29, 1.82) is 0 Å². The summed E-state index contributed by atoms with van der Waals surface area (Å²) in [5.41, 5.74) is 0.774. The van der Waals surface area contributed by atoms with Crippen LogP contribution < -0.4 is 5.32 Å². The average Bonchev–Trinajstić information content (AvgIpc) is 2.98. The number of likely N-dealkylation sites (tertiary alicyclic amines) is 1. The summed E-state index contributed by atoms with van der Waals surface area (Å²) in [4.78, 5) is 14.6. The molecule has 4 heteroatoms. The van der Waals surface area contributed by atoms with Gasteiger partial charge in [-0.25, -0.2) is 4.39 Å². The van der Waals surface area contributed by atoms with E-state index in [1.54, 1.807) is 6.07 Å². The molecule has 0 aliphatic carbocycles. The van der Waals surface area contributed by atoms with Crippen LogP contribution >= 0.6 is 0 Å². The van der Waals surface area contributed by atoms with Crippen molar-refractivity contribution in [1.82, 2.24) is 10.2 Å². The highest BCUT2D eigenvalue weighted by Crippen LogP contribution is 2.30. The molecule has 2 saturated heterocycles. The molecule has 0 unspecified atom stereocenters. The number of halogens is 1. The Labute approximate surface area is 125 Å². The van der Waals surface area contributed by atoms with Crippen molar-refractivity contribution in [3.63, 3.8) is 0 Å². The zero-order chi connectivity index (χ0) is 14.7. The molecule has 2 heterocycles. The van der Waals surface area contributed by atoms with Crippen LogP contribution in [-0.4, -0.2) is 36.5 Å². The normalized spacial score (nSPS) is 23.5. The third-order valence-corrected chi connectivity index (χ3v) is 4.79. The number of piperidine rings is 1. The van der Waals surface area contributed by atoms with Gasteiger partial charge in [0, 0.05) is 12.6 Å². The Kier molecular flexibility index (Phi) is 4.54. The highest BCUT2D eigenvalue weighted by Gasteiger charge is 2.34. The highest BCUT2D eigenvalue weighted by molar-refractivity contribution is 5.79. The van der Waals surface area contributed by atoms with Gasteiger partial charge in [-0.2, -0.15) is 0 Å². The van der Waals surface area contributed by atoms with Gasteiger partial charge in [-0.05, 0) is 62.4 Å². The van der Waals surface area contributed by atoms with Gasteiger partial charge in [-0.3, -0.25) is 4.79 Å². The maximum atomic E-state index is 13.2. The zero-order valence-corrected chi connectivity index (χ0v) is 12.4. The number of benzene rings is 1. The monoisotopic (exact) mass is 290 g/mol. The van der Waals surface area contributed by atoms with Gasteiger partial charge in [0.25, 0.3) is 0 Å². The summed E-state index contributed by atoms with van der Waals surface area (Å²) in [6.07, 6.45) is 4.87. The van der Waals surface area contributed by atoms with E-state index < -0.39 is 0 Å². The van der Waals surface area contributed by atoms with E-state index in [1.807, 2.05) is 6.07 Å². The summed E-state index contributed by atoms with van der Waals surface area (Å²) in [6.45, 7) is 2.99. The molecule has 0 aromatic heterocycles.